The molecule has 5 heteroatoms. The zero-order valence-electron chi connectivity index (χ0n) is 13.0. The molecule has 23 heavy (non-hydrogen) atoms. The van der Waals surface area contributed by atoms with E-state index in [2.05, 4.69) is 12.1 Å². The van der Waals surface area contributed by atoms with Gasteiger partial charge < -0.3 is 9.47 Å². The smallest absolute Gasteiger partial charge is 0.340 e. The molecule has 0 saturated heterocycles. The van der Waals surface area contributed by atoms with Crippen LogP contribution in [0.2, 0.25) is 0 Å². The Morgan fingerprint density at radius 2 is 1.96 bits per heavy atom. The van der Waals surface area contributed by atoms with E-state index in [1.54, 1.807) is 31.2 Å². The van der Waals surface area contributed by atoms with Crippen LogP contribution in [0.15, 0.2) is 61.2 Å². The minimum atomic E-state index is -0.448. The predicted octanol–water partition coefficient (Wildman–Crippen LogP) is 4.19. The quantitative estimate of drug-likeness (QED) is 0.343. The summed E-state index contributed by atoms with van der Waals surface area (Å²) in [5.41, 5.74) is 3.56. The SMILES string of the molecule is C=CCONc1ccc(Oc2ccccc2)cc1C(=O)OCC. The molecule has 0 aliphatic rings. The molecule has 0 aliphatic carbocycles. The molecule has 2 rings (SSSR count). The highest BCUT2D eigenvalue weighted by molar-refractivity contribution is 5.96. The second-order valence-electron chi connectivity index (χ2n) is 4.54. The maximum absolute atomic E-state index is 12.1. The summed E-state index contributed by atoms with van der Waals surface area (Å²) in [4.78, 5) is 17.3. The summed E-state index contributed by atoms with van der Waals surface area (Å²) in [6.07, 6.45) is 1.60. The third-order valence-corrected chi connectivity index (χ3v) is 2.85. The lowest BCUT2D eigenvalue weighted by molar-refractivity contribution is 0.0526. The summed E-state index contributed by atoms with van der Waals surface area (Å²) in [6, 6.07) is 14.4. The molecular weight excluding hydrogens is 294 g/mol. The number of carbonyl (C=O) groups is 1. The Balaban J connectivity index is 2.23. The van der Waals surface area contributed by atoms with Crippen LogP contribution in [-0.2, 0) is 9.57 Å². The molecule has 5 nitrogen and oxygen atoms in total. The minimum absolute atomic E-state index is 0.287. The van der Waals surface area contributed by atoms with Crippen molar-refractivity contribution >= 4 is 11.7 Å². The Kier molecular flexibility index (Phi) is 6.20. The number of carbonyl (C=O) groups excluding carboxylic acids is 1. The van der Waals surface area contributed by atoms with Gasteiger partial charge in [0.05, 0.1) is 24.5 Å². The summed E-state index contributed by atoms with van der Waals surface area (Å²) in [5.74, 6) is 0.773. The van der Waals surface area contributed by atoms with Crippen LogP contribution in [0.1, 0.15) is 17.3 Å². The fourth-order valence-electron chi connectivity index (χ4n) is 1.86. The van der Waals surface area contributed by atoms with E-state index < -0.39 is 5.97 Å². The van der Waals surface area contributed by atoms with Gasteiger partial charge in [-0.1, -0.05) is 24.3 Å². The summed E-state index contributed by atoms with van der Waals surface area (Å²) >= 11 is 0. The largest absolute Gasteiger partial charge is 0.462 e. The molecule has 0 fully saturated rings. The first kappa shape index (κ1) is 16.6. The molecule has 0 bridgehead atoms. The lowest BCUT2D eigenvalue weighted by atomic mass is 10.1. The number of hydrogen-bond donors (Lipinski definition) is 1. The molecule has 0 heterocycles. The highest BCUT2D eigenvalue weighted by Crippen LogP contribution is 2.27. The molecule has 0 spiro atoms. The van der Waals surface area contributed by atoms with Crippen LogP contribution in [-0.4, -0.2) is 19.2 Å². The number of esters is 1. The van der Waals surface area contributed by atoms with Crippen molar-refractivity contribution in [3.05, 3.63) is 66.7 Å². The van der Waals surface area contributed by atoms with E-state index >= 15 is 0 Å². The topological polar surface area (TPSA) is 56.8 Å². The molecule has 0 atom stereocenters. The van der Waals surface area contributed by atoms with Gasteiger partial charge >= 0.3 is 5.97 Å². The Bertz CT molecular complexity index is 655. The van der Waals surface area contributed by atoms with E-state index in [0.717, 1.165) is 0 Å². The van der Waals surface area contributed by atoms with Gasteiger partial charge in [-0.15, -0.1) is 6.58 Å². The Morgan fingerprint density at radius 1 is 1.17 bits per heavy atom. The number of anilines is 1. The Labute approximate surface area is 135 Å². The summed E-state index contributed by atoms with van der Waals surface area (Å²) in [6.45, 7) is 5.91. The maximum atomic E-state index is 12.1. The fraction of sp³-hybridized carbons (Fsp3) is 0.167. The third kappa shape index (κ3) is 4.86. The van der Waals surface area contributed by atoms with E-state index in [9.17, 15) is 4.79 Å². The average molecular weight is 313 g/mol. The number of benzene rings is 2. The Hall–Kier alpha value is -2.79. The van der Waals surface area contributed by atoms with Gasteiger partial charge in [0.25, 0.3) is 0 Å². The van der Waals surface area contributed by atoms with Gasteiger partial charge in [0.1, 0.15) is 11.5 Å². The van der Waals surface area contributed by atoms with Crippen LogP contribution in [0.5, 0.6) is 11.5 Å². The number of rotatable bonds is 8. The molecule has 120 valence electrons. The van der Waals surface area contributed by atoms with E-state index in [4.69, 9.17) is 14.3 Å². The number of para-hydroxylation sites is 1. The van der Waals surface area contributed by atoms with Gasteiger partial charge in [-0.3, -0.25) is 10.3 Å². The summed E-state index contributed by atoms with van der Waals surface area (Å²) < 4.78 is 10.8. The van der Waals surface area contributed by atoms with Gasteiger partial charge in [-0.2, -0.15) is 0 Å². The first-order chi connectivity index (χ1) is 11.2. The monoisotopic (exact) mass is 313 g/mol. The highest BCUT2D eigenvalue weighted by atomic mass is 16.6. The molecule has 0 radical (unpaired) electrons. The van der Waals surface area contributed by atoms with Crippen molar-refractivity contribution in [2.24, 2.45) is 0 Å². The van der Waals surface area contributed by atoms with Crippen molar-refractivity contribution in [2.45, 2.75) is 6.92 Å². The molecule has 0 saturated carbocycles. The number of hydrogen-bond acceptors (Lipinski definition) is 5. The van der Waals surface area contributed by atoms with Crippen LogP contribution >= 0.6 is 0 Å². The summed E-state index contributed by atoms with van der Waals surface area (Å²) in [7, 11) is 0. The van der Waals surface area contributed by atoms with Gasteiger partial charge in [0.2, 0.25) is 0 Å². The second kappa shape index (κ2) is 8.60. The van der Waals surface area contributed by atoms with Crippen molar-refractivity contribution in [3.63, 3.8) is 0 Å². The molecular formula is C18H19NO4. The van der Waals surface area contributed by atoms with Crippen molar-refractivity contribution in [2.75, 3.05) is 18.7 Å². The lowest BCUT2D eigenvalue weighted by Crippen LogP contribution is -2.10. The molecule has 0 amide bonds. The average Bonchev–Trinajstić information content (AvgIpc) is 2.57. The van der Waals surface area contributed by atoms with Crippen molar-refractivity contribution < 1.29 is 19.1 Å². The second-order valence-corrected chi connectivity index (χ2v) is 4.54. The van der Waals surface area contributed by atoms with Crippen molar-refractivity contribution in [1.29, 1.82) is 0 Å². The van der Waals surface area contributed by atoms with Crippen LogP contribution in [0, 0.1) is 0 Å². The number of ether oxygens (including phenoxy) is 2. The molecule has 2 aromatic carbocycles. The lowest BCUT2D eigenvalue weighted by Gasteiger charge is -2.13. The van der Waals surface area contributed by atoms with E-state index in [1.165, 1.54) is 0 Å². The molecule has 1 N–H and O–H groups in total. The molecule has 0 aliphatic heterocycles. The van der Waals surface area contributed by atoms with E-state index in [-0.39, 0.29) is 6.61 Å². The fourth-order valence-corrected chi connectivity index (χ4v) is 1.86. The zero-order chi connectivity index (χ0) is 16.5. The van der Waals surface area contributed by atoms with Gasteiger partial charge in [-0.25, -0.2) is 4.79 Å². The maximum Gasteiger partial charge on any atom is 0.340 e. The molecule has 2 aromatic rings. The first-order valence-electron chi connectivity index (χ1n) is 7.27. The minimum Gasteiger partial charge on any atom is -0.462 e. The van der Waals surface area contributed by atoms with Crippen LogP contribution in [0.25, 0.3) is 0 Å². The van der Waals surface area contributed by atoms with Crippen molar-refractivity contribution in [1.82, 2.24) is 0 Å². The normalized spacial score (nSPS) is 9.96. The zero-order valence-corrected chi connectivity index (χ0v) is 13.0. The van der Waals surface area contributed by atoms with Gasteiger partial charge in [0.15, 0.2) is 0 Å². The number of nitrogens with one attached hydrogen (secondary N) is 1. The van der Waals surface area contributed by atoms with Gasteiger partial charge in [0, 0.05) is 0 Å². The molecule has 0 aromatic heterocycles. The third-order valence-electron chi connectivity index (χ3n) is 2.85. The first-order valence-corrected chi connectivity index (χ1v) is 7.27. The van der Waals surface area contributed by atoms with E-state index in [0.29, 0.717) is 29.4 Å². The summed E-state index contributed by atoms with van der Waals surface area (Å²) in [5, 5.41) is 0. The van der Waals surface area contributed by atoms with Gasteiger partial charge in [-0.05, 0) is 37.3 Å². The van der Waals surface area contributed by atoms with Crippen LogP contribution < -0.4 is 10.2 Å². The standard InChI is InChI=1S/C18H19NO4/c1-3-12-22-19-17-11-10-15(13-16(17)18(20)21-4-2)23-14-8-6-5-7-9-14/h3,5-11,13,19H,1,4,12H2,2H3. The molecule has 0 unspecified atom stereocenters. The van der Waals surface area contributed by atoms with Crippen LogP contribution in [0.3, 0.4) is 0 Å². The highest BCUT2D eigenvalue weighted by Gasteiger charge is 2.14. The van der Waals surface area contributed by atoms with E-state index in [1.807, 2.05) is 30.3 Å². The Morgan fingerprint density at radius 3 is 2.65 bits per heavy atom. The predicted molar refractivity (Wildman–Crippen MR) is 88.7 cm³/mol. The van der Waals surface area contributed by atoms with Crippen molar-refractivity contribution in [3.8, 4) is 11.5 Å². The van der Waals surface area contributed by atoms with Crippen LogP contribution in [0.4, 0.5) is 5.69 Å².